The van der Waals surface area contributed by atoms with Crippen LogP contribution in [0.2, 0.25) is 0 Å². The minimum atomic E-state index is -0.874. The van der Waals surface area contributed by atoms with E-state index in [-0.39, 0.29) is 5.91 Å². The van der Waals surface area contributed by atoms with Crippen LogP contribution in [0, 0.1) is 23.7 Å². The summed E-state index contributed by atoms with van der Waals surface area (Å²) in [4.78, 5) is 16.6. The predicted octanol–water partition coefficient (Wildman–Crippen LogP) is 3.57. The van der Waals surface area contributed by atoms with Gasteiger partial charge in [0.25, 0.3) is 0 Å². The summed E-state index contributed by atoms with van der Waals surface area (Å²) in [6.45, 7) is 1.86. The summed E-state index contributed by atoms with van der Waals surface area (Å²) in [5.41, 5.74) is -0.0616. The van der Waals surface area contributed by atoms with Gasteiger partial charge in [-0.3, -0.25) is 4.79 Å². The average Bonchev–Trinajstić information content (AvgIpc) is 2.43. The summed E-state index contributed by atoms with van der Waals surface area (Å²) in [5, 5.41) is 12.1. The number of nitriles is 1. The molecule has 1 heterocycles. The van der Waals surface area contributed by atoms with Crippen LogP contribution in [0.5, 0.6) is 0 Å². The van der Waals surface area contributed by atoms with Crippen molar-refractivity contribution in [3.63, 3.8) is 0 Å². The smallest absolute Gasteiger partial charge is 0.246 e. The highest BCUT2D eigenvalue weighted by Gasteiger charge is 2.39. The van der Waals surface area contributed by atoms with Gasteiger partial charge in [0.15, 0.2) is 0 Å². The van der Waals surface area contributed by atoms with Crippen LogP contribution in [0.1, 0.15) is 37.8 Å². The van der Waals surface area contributed by atoms with Gasteiger partial charge in [0.1, 0.15) is 11.2 Å². The third kappa shape index (κ3) is 2.95. The molecule has 4 nitrogen and oxygen atoms in total. The Bertz CT molecular complexity index is 530. The summed E-state index contributed by atoms with van der Waals surface area (Å²) in [6.07, 6.45) is 4.27. The van der Waals surface area contributed by atoms with E-state index in [4.69, 9.17) is 0 Å². The summed E-state index contributed by atoms with van der Waals surface area (Å²) in [5.74, 6) is 0.287. The molecule has 0 atom stereocenters. The van der Waals surface area contributed by atoms with Crippen LogP contribution in [-0.2, 0) is 4.79 Å². The van der Waals surface area contributed by atoms with Gasteiger partial charge in [0.2, 0.25) is 5.91 Å². The lowest BCUT2D eigenvalue weighted by atomic mass is 9.74. The predicted molar refractivity (Wildman–Crippen MR) is 76.4 cm³/mol. The maximum absolute atomic E-state index is 12.3. The molecule has 1 aromatic heterocycles. The van der Waals surface area contributed by atoms with Crippen LogP contribution in [0.4, 0.5) is 5.82 Å². The number of aryl methyl sites for hydroxylation is 1. The minimum Gasteiger partial charge on any atom is -0.309 e. The van der Waals surface area contributed by atoms with Crippen molar-refractivity contribution >= 4 is 27.7 Å². The molecule has 0 aromatic carbocycles. The Hall–Kier alpha value is -1.41. The van der Waals surface area contributed by atoms with Crippen molar-refractivity contribution in [1.82, 2.24) is 4.98 Å². The zero-order valence-electron chi connectivity index (χ0n) is 10.9. The number of nitrogens with one attached hydrogen (secondary N) is 1. The third-order valence-electron chi connectivity index (χ3n) is 3.62. The molecule has 0 radical (unpaired) electrons. The number of carbonyl (C=O) groups is 1. The van der Waals surface area contributed by atoms with E-state index in [0.29, 0.717) is 18.7 Å². The van der Waals surface area contributed by atoms with Crippen molar-refractivity contribution in [2.45, 2.75) is 39.0 Å². The summed E-state index contributed by atoms with van der Waals surface area (Å²) in [6, 6.07) is 5.80. The van der Waals surface area contributed by atoms with Gasteiger partial charge in [-0.25, -0.2) is 4.98 Å². The topological polar surface area (TPSA) is 65.8 Å². The van der Waals surface area contributed by atoms with Crippen LogP contribution in [0.3, 0.4) is 0 Å². The Balaban J connectivity index is 2.15. The number of pyridine rings is 1. The molecule has 1 fully saturated rings. The zero-order chi connectivity index (χ0) is 13.9. The van der Waals surface area contributed by atoms with Crippen LogP contribution in [0.25, 0.3) is 0 Å². The van der Waals surface area contributed by atoms with Crippen molar-refractivity contribution in [2.75, 3.05) is 5.32 Å². The summed E-state index contributed by atoms with van der Waals surface area (Å²) >= 11 is 3.37. The SMILES string of the molecule is Cc1nc(NC(=O)C2(C#N)CCCCC2)ccc1Br. The van der Waals surface area contributed by atoms with Crippen molar-refractivity contribution in [1.29, 1.82) is 5.26 Å². The number of nitrogens with zero attached hydrogens (tertiary/aromatic N) is 2. The molecule has 1 saturated carbocycles. The number of halogens is 1. The standard InChI is InChI=1S/C14H16BrN3O/c1-10-11(15)5-6-12(17-10)18-13(19)14(9-16)7-3-2-4-8-14/h5-6H,2-4,7-8H2,1H3,(H,17,18,19). The molecule has 0 unspecified atom stereocenters. The van der Waals surface area contributed by atoms with Crippen molar-refractivity contribution in [3.05, 3.63) is 22.3 Å². The van der Waals surface area contributed by atoms with Crippen molar-refractivity contribution in [2.24, 2.45) is 5.41 Å². The van der Waals surface area contributed by atoms with Crippen molar-refractivity contribution < 1.29 is 4.79 Å². The van der Waals surface area contributed by atoms with Gasteiger partial charge in [0.05, 0.1) is 11.8 Å². The van der Waals surface area contributed by atoms with E-state index in [1.165, 1.54) is 0 Å². The number of hydrogen-bond acceptors (Lipinski definition) is 3. The van der Waals surface area contributed by atoms with Crippen LogP contribution >= 0.6 is 15.9 Å². The number of aromatic nitrogens is 1. The van der Waals surface area contributed by atoms with Gasteiger partial charge in [-0.15, -0.1) is 0 Å². The molecule has 0 saturated heterocycles. The number of amides is 1. The monoisotopic (exact) mass is 321 g/mol. The first-order valence-corrected chi connectivity index (χ1v) is 7.22. The first-order valence-electron chi connectivity index (χ1n) is 6.43. The summed E-state index contributed by atoms with van der Waals surface area (Å²) < 4.78 is 0.901. The molecule has 2 rings (SSSR count). The number of anilines is 1. The first kappa shape index (κ1) is 14.0. The molecular weight excluding hydrogens is 306 g/mol. The summed E-state index contributed by atoms with van der Waals surface area (Å²) in [7, 11) is 0. The molecule has 100 valence electrons. The van der Waals surface area contributed by atoms with Crippen LogP contribution in [-0.4, -0.2) is 10.9 Å². The van der Waals surface area contributed by atoms with Gasteiger partial charge in [0, 0.05) is 4.47 Å². The first-order chi connectivity index (χ1) is 9.07. The Kier molecular flexibility index (Phi) is 4.20. The molecule has 1 N–H and O–H groups in total. The number of hydrogen-bond donors (Lipinski definition) is 1. The molecule has 5 heteroatoms. The lowest BCUT2D eigenvalue weighted by Crippen LogP contribution is -2.37. The second-order valence-corrected chi connectivity index (χ2v) is 5.83. The van der Waals surface area contributed by atoms with Gasteiger partial charge < -0.3 is 5.32 Å². The Morgan fingerprint density at radius 3 is 2.68 bits per heavy atom. The Morgan fingerprint density at radius 2 is 2.11 bits per heavy atom. The van der Waals surface area contributed by atoms with Crippen LogP contribution in [0.15, 0.2) is 16.6 Å². The minimum absolute atomic E-state index is 0.219. The molecule has 0 aliphatic heterocycles. The second-order valence-electron chi connectivity index (χ2n) is 4.97. The Labute approximate surface area is 121 Å². The largest absolute Gasteiger partial charge is 0.309 e. The van der Waals surface area contributed by atoms with Gasteiger partial charge >= 0.3 is 0 Å². The fourth-order valence-corrected chi connectivity index (χ4v) is 2.62. The van der Waals surface area contributed by atoms with E-state index in [1.54, 1.807) is 6.07 Å². The maximum atomic E-state index is 12.3. The van der Waals surface area contributed by atoms with E-state index in [2.05, 4.69) is 32.3 Å². The molecular formula is C14H16BrN3O. The second kappa shape index (κ2) is 5.70. The van der Waals surface area contributed by atoms with Gasteiger partial charge in [-0.05, 0) is 47.8 Å². The highest BCUT2D eigenvalue weighted by atomic mass is 79.9. The molecule has 1 aliphatic carbocycles. The number of carbonyl (C=O) groups excluding carboxylic acids is 1. The van der Waals surface area contributed by atoms with E-state index in [1.807, 2.05) is 13.0 Å². The molecule has 19 heavy (non-hydrogen) atoms. The van der Waals surface area contributed by atoms with Crippen molar-refractivity contribution in [3.8, 4) is 6.07 Å². The number of rotatable bonds is 2. The van der Waals surface area contributed by atoms with Gasteiger partial charge in [-0.1, -0.05) is 19.3 Å². The highest BCUT2D eigenvalue weighted by Crippen LogP contribution is 2.36. The third-order valence-corrected chi connectivity index (χ3v) is 4.46. The lowest BCUT2D eigenvalue weighted by molar-refractivity contribution is -0.124. The fraction of sp³-hybridized carbons (Fsp3) is 0.500. The fourth-order valence-electron chi connectivity index (χ4n) is 2.39. The maximum Gasteiger partial charge on any atom is 0.246 e. The molecule has 1 aliphatic rings. The van der Waals surface area contributed by atoms with E-state index >= 15 is 0 Å². The van der Waals surface area contributed by atoms with E-state index in [9.17, 15) is 10.1 Å². The molecule has 1 aromatic rings. The highest BCUT2D eigenvalue weighted by molar-refractivity contribution is 9.10. The van der Waals surface area contributed by atoms with E-state index < -0.39 is 5.41 Å². The quantitative estimate of drug-likeness (QED) is 0.905. The zero-order valence-corrected chi connectivity index (χ0v) is 12.5. The van der Waals surface area contributed by atoms with E-state index in [0.717, 1.165) is 29.4 Å². The molecule has 0 bridgehead atoms. The average molecular weight is 322 g/mol. The van der Waals surface area contributed by atoms with Gasteiger partial charge in [-0.2, -0.15) is 5.26 Å². The Morgan fingerprint density at radius 1 is 1.42 bits per heavy atom. The normalized spacial score (nSPS) is 17.5. The lowest BCUT2D eigenvalue weighted by Gasteiger charge is -2.28. The molecule has 0 spiro atoms. The molecule has 1 amide bonds. The van der Waals surface area contributed by atoms with Crippen LogP contribution < -0.4 is 5.32 Å².